The SMILES string of the molecule is FC(F)(F)c1ccc(CCNC2=NCCCN2)cc1. The van der Waals surface area contributed by atoms with Crippen LogP contribution in [0.5, 0.6) is 0 Å². The normalized spacial score (nSPS) is 15.6. The lowest BCUT2D eigenvalue weighted by atomic mass is 10.1. The van der Waals surface area contributed by atoms with Crippen LogP contribution in [0.2, 0.25) is 0 Å². The second kappa shape index (κ2) is 5.95. The van der Waals surface area contributed by atoms with Crippen LogP contribution in [0.3, 0.4) is 0 Å². The molecule has 1 aliphatic rings. The third-order valence-corrected chi connectivity index (χ3v) is 2.88. The van der Waals surface area contributed by atoms with E-state index in [1.54, 1.807) is 0 Å². The first-order chi connectivity index (χ1) is 9.05. The maximum Gasteiger partial charge on any atom is 0.416 e. The number of rotatable bonds is 3. The Hall–Kier alpha value is -1.72. The quantitative estimate of drug-likeness (QED) is 0.884. The molecular weight excluding hydrogens is 255 g/mol. The van der Waals surface area contributed by atoms with Crippen LogP contribution in [0.1, 0.15) is 17.5 Å². The molecule has 2 rings (SSSR count). The molecule has 1 aromatic carbocycles. The molecule has 0 saturated carbocycles. The van der Waals surface area contributed by atoms with Gasteiger partial charge in [-0.1, -0.05) is 12.1 Å². The second-order valence-electron chi connectivity index (χ2n) is 4.38. The maximum atomic E-state index is 12.4. The smallest absolute Gasteiger partial charge is 0.356 e. The molecule has 0 unspecified atom stereocenters. The zero-order valence-electron chi connectivity index (χ0n) is 10.4. The first-order valence-electron chi connectivity index (χ1n) is 6.24. The summed E-state index contributed by atoms with van der Waals surface area (Å²) in [7, 11) is 0. The Balaban J connectivity index is 1.81. The fourth-order valence-corrected chi connectivity index (χ4v) is 1.84. The molecule has 1 aliphatic heterocycles. The van der Waals surface area contributed by atoms with Gasteiger partial charge in [0.25, 0.3) is 0 Å². The van der Waals surface area contributed by atoms with E-state index in [0.29, 0.717) is 13.0 Å². The van der Waals surface area contributed by atoms with Gasteiger partial charge in [0.05, 0.1) is 5.56 Å². The molecule has 0 bridgehead atoms. The molecule has 0 aliphatic carbocycles. The van der Waals surface area contributed by atoms with Crippen molar-refractivity contribution < 1.29 is 13.2 Å². The Morgan fingerprint density at radius 2 is 1.95 bits per heavy atom. The largest absolute Gasteiger partial charge is 0.416 e. The first-order valence-corrected chi connectivity index (χ1v) is 6.24. The van der Waals surface area contributed by atoms with E-state index in [4.69, 9.17) is 0 Å². The van der Waals surface area contributed by atoms with Gasteiger partial charge in [-0.15, -0.1) is 0 Å². The Kier molecular flexibility index (Phi) is 4.29. The van der Waals surface area contributed by atoms with Crippen LogP contribution < -0.4 is 10.6 Å². The summed E-state index contributed by atoms with van der Waals surface area (Å²) in [5.41, 5.74) is 0.263. The molecule has 0 saturated heterocycles. The van der Waals surface area contributed by atoms with Crippen LogP contribution in [0.25, 0.3) is 0 Å². The van der Waals surface area contributed by atoms with Crippen LogP contribution in [0.4, 0.5) is 13.2 Å². The van der Waals surface area contributed by atoms with Crippen molar-refractivity contribution in [2.45, 2.75) is 19.0 Å². The number of benzene rings is 1. The van der Waals surface area contributed by atoms with E-state index in [1.807, 2.05) is 0 Å². The highest BCUT2D eigenvalue weighted by molar-refractivity contribution is 5.80. The Morgan fingerprint density at radius 3 is 2.53 bits per heavy atom. The van der Waals surface area contributed by atoms with Crippen molar-refractivity contribution in [1.82, 2.24) is 10.6 Å². The fourth-order valence-electron chi connectivity index (χ4n) is 1.84. The number of alkyl halides is 3. The standard InChI is InChI=1S/C13H16F3N3/c14-13(15,16)11-4-2-10(3-5-11)6-9-19-12-17-7-1-8-18-12/h2-5H,1,6-9H2,(H2,17,18,19). The van der Waals surface area contributed by atoms with Gasteiger partial charge in [0.15, 0.2) is 5.96 Å². The van der Waals surface area contributed by atoms with Crippen molar-refractivity contribution in [2.24, 2.45) is 4.99 Å². The molecule has 0 fully saturated rings. The minimum absolute atomic E-state index is 0.609. The third-order valence-electron chi connectivity index (χ3n) is 2.88. The Morgan fingerprint density at radius 1 is 1.21 bits per heavy atom. The van der Waals surface area contributed by atoms with E-state index >= 15 is 0 Å². The molecule has 3 nitrogen and oxygen atoms in total. The number of aliphatic imine (C=N–C) groups is 1. The van der Waals surface area contributed by atoms with Crippen molar-refractivity contribution in [2.75, 3.05) is 19.6 Å². The molecule has 0 radical (unpaired) electrons. The lowest BCUT2D eigenvalue weighted by molar-refractivity contribution is -0.137. The Bertz CT molecular complexity index is 437. The summed E-state index contributed by atoms with van der Waals surface area (Å²) in [6, 6.07) is 5.26. The van der Waals surface area contributed by atoms with Crippen LogP contribution >= 0.6 is 0 Å². The number of halogens is 3. The van der Waals surface area contributed by atoms with Gasteiger partial charge in [0, 0.05) is 19.6 Å². The molecule has 0 spiro atoms. The van der Waals surface area contributed by atoms with E-state index < -0.39 is 11.7 Å². The van der Waals surface area contributed by atoms with Gasteiger partial charge < -0.3 is 10.6 Å². The van der Waals surface area contributed by atoms with Crippen molar-refractivity contribution in [3.63, 3.8) is 0 Å². The molecule has 0 aromatic heterocycles. The molecule has 19 heavy (non-hydrogen) atoms. The van der Waals surface area contributed by atoms with Crippen LogP contribution in [0.15, 0.2) is 29.3 Å². The molecular formula is C13H16F3N3. The highest BCUT2D eigenvalue weighted by atomic mass is 19.4. The molecule has 104 valence electrons. The average Bonchev–Trinajstić information content (AvgIpc) is 2.39. The lowest BCUT2D eigenvalue weighted by Gasteiger charge is -2.16. The van der Waals surface area contributed by atoms with Gasteiger partial charge in [0.2, 0.25) is 0 Å². The van der Waals surface area contributed by atoms with Crippen LogP contribution in [0, 0.1) is 0 Å². The van der Waals surface area contributed by atoms with E-state index in [9.17, 15) is 13.2 Å². The summed E-state index contributed by atoms with van der Waals surface area (Å²) in [5.74, 6) is 0.776. The van der Waals surface area contributed by atoms with Gasteiger partial charge in [-0.3, -0.25) is 4.99 Å². The predicted octanol–water partition coefficient (Wildman–Crippen LogP) is 2.19. The summed E-state index contributed by atoms with van der Waals surface area (Å²) in [6.45, 7) is 2.37. The molecule has 6 heteroatoms. The van der Waals surface area contributed by atoms with Crippen molar-refractivity contribution in [3.8, 4) is 0 Å². The number of nitrogens with zero attached hydrogens (tertiary/aromatic N) is 1. The molecule has 0 atom stereocenters. The minimum atomic E-state index is -4.27. The minimum Gasteiger partial charge on any atom is -0.356 e. The van der Waals surface area contributed by atoms with Crippen molar-refractivity contribution in [3.05, 3.63) is 35.4 Å². The number of guanidine groups is 1. The van der Waals surface area contributed by atoms with Gasteiger partial charge in [0.1, 0.15) is 0 Å². The topological polar surface area (TPSA) is 36.4 Å². The summed E-state index contributed by atoms with van der Waals surface area (Å²) in [4.78, 5) is 4.25. The molecule has 1 heterocycles. The second-order valence-corrected chi connectivity index (χ2v) is 4.38. The highest BCUT2D eigenvalue weighted by Gasteiger charge is 2.29. The average molecular weight is 271 g/mol. The van der Waals surface area contributed by atoms with E-state index in [2.05, 4.69) is 15.6 Å². The third kappa shape index (κ3) is 4.15. The predicted molar refractivity (Wildman–Crippen MR) is 68.1 cm³/mol. The monoisotopic (exact) mass is 271 g/mol. The number of hydrogen-bond acceptors (Lipinski definition) is 3. The zero-order valence-corrected chi connectivity index (χ0v) is 10.4. The Labute approximate surface area is 109 Å². The molecule has 1 aromatic rings. The van der Waals surface area contributed by atoms with E-state index in [0.717, 1.165) is 43.2 Å². The van der Waals surface area contributed by atoms with Gasteiger partial charge in [-0.25, -0.2) is 0 Å². The zero-order chi connectivity index (χ0) is 13.7. The molecule has 2 N–H and O–H groups in total. The summed E-state index contributed by atoms with van der Waals surface area (Å²) in [5, 5.41) is 6.26. The van der Waals surface area contributed by atoms with E-state index in [1.165, 1.54) is 12.1 Å². The van der Waals surface area contributed by atoms with Crippen molar-refractivity contribution >= 4 is 5.96 Å². The lowest BCUT2D eigenvalue weighted by Crippen LogP contribution is -2.41. The maximum absolute atomic E-state index is 12.4. The number of nitrogens with one attached hydrogen (secondary N) is 2. The van der Waals surface area contributed by atoms with Gasteiger partial charge >= 0.3 is 6.18 Å². The number of hydrogen-bond donors (Lipinski definition) is 2. The van der Waals surface area contributed by atoms with Crippen LogP contribution in [-0.4, -0.2) is 25.6 Å². The highest BCUT2D eigenvalue weighted by Crippen LogP contribution is 2.29. The van der Waals surface area contributed by atoms with Crippen LogP contribution in [-0.2, 0) is 12.6 Å². The van der Waals surface area contributed by atoms with E-state index in [-0.39, 0.29) is 0 Å². The summed E-state index contributed by atoms with van der Waals surface area (Å²) in [6.07, 6.45) is -2.57. The van der Waals surface area contributed by atoms with Gasteiger partial charge in [-0.2, -0.15) is 13.2 Å². The first kappa shape index (κ1) is 13.7. The summed E-state index contributed by atoms with van der Waals surface area (Å²) < 4.78 is 37.1. The van der Waals surface area contributed by atoms with Crippen molar-refractivity contribution in [1.29, 1.82) is 0 Å². The fraction of sp³-hybridized carbons (Fsp3) is 0.462. The summed E-state index contributed by atoms with van der Waals surface area (Å²) >= 11 is 0. The van der Waals surface area contributed by atoms with Gasteiger partial charge in [-0.05, 0) is 30.5 Å². The molecule has 0 amide bonds.